The minimum Gasteiger partial charge on any atom is -0.394 e. The summed E-state index contributed by atoms with van der Waals surface area (Å²) in [5, 5.41) is 97.3. The number of rotatable bonds is 67. The number of phosphoric acid groups is 6. The summed E-state index contributed by atoms with van der Waals surface area (Å²) in [5.41, 5.74) is -1.30. The molecule has 686 valence electrons. The molecule has 19 N–H and O–H groups in total. The number of hydrogen-bond donors (Lipinski definition) is 19. The lowest BCUT2D eigenvalue weighted by Crippen LogP contribution is -2.64. The molecule has 0 spiro atoms. The third-order valence-electron chi connectivity index (χ3n) is 15.5. The first-order valence-corrected chi connectivity index (χ1v) is 46.9. The van der Waals surface area contributed by atoms with E-state index in [2.05, 4.69) is 16.0 Å². The van der Waals surface area contributed by atoms with E-state index in [1.54, 1.807) is 0 Å². The summed E-state index contributed by atoms with van der Waals surface area (Å²) in [6.07, 6.45) is -18.7. The Labute approximate surface area is 666 Å². The monoisotopic (exact) mass is 1840 g/mol. The Bertz CT molecular complexity index is 2850. The highest BCUT2D eigenvalue weighted by Gasteiger charge is 2.49. The van der Waals surface area contributed by atoms with Crippen LogP contribution in [0.15, 0.2) is 0 Å². The highest BCUT2D eigenvalue weighted by Crippen LogP contribution is 2.48. The topological polar surface area (TPSA) is 743 Å². The van der Waals surface area contributed by atoms with Gasteiger partial charge < -0.3 is 148 Å². The van der Waals surface area contributed by atoms with E-state index in [4.69, 9.17) is 106 Å². The molecule has 3 saturated heterocycles. The first-order chi connectivity index (χ1) is 54.4. The largest absolute Gasteiger partial charge is 0.472 e. The zero-order valence-corrected chi connectivity index (χ0v) is 70.2. The molecule has 3 heterocycles. The lowest BCUT2D eigenvalue weighted by Gasteiger charge is -2.42. The Morgan fingerprint density at radius 1 is 0.302 bits per heavy atom. The van der Waals surface area contributed by atoms with Gasteiger partial charge in [-0.05, 0) is 44.9 Å². The normalized spacial score (nSPS) is 28.2. The zero-order valence-electron chi connectivity index (χ0n) is 64.0. The number of ether oxygens (including phenoxy) is 10. The first-order valence-electron chi connectivity index (χ1n) is 35.9. The molecule has 3 aliphatic rings. The standard InChI is InChI=1S/C57H114N3O49P7/c1-39(64)58-45-51(70)48(67)42(32-61)107-54(45)91-26-29-104-114(81,82)101-23-9-20-98-111(75,76)95-17-6-13-88-36-57(35-87-12-5-16-94-110(4,73)74,37-89-14-7-18-96-112(77,78)99-21-10-24-102-115(83,84)105-30-27-92-55-46(59-40(2)65)52(71)49(68)43(33-62)108-55)38-90-15-8-19-97-113(79,80)100-22-11-25-103-116(85,86)106-31-28-93-56-47(60-41(3)66)53(72)50(69)44(34-63)109-56/h42-56,61-63,67-72H,5-38H2,1-4H3,(H,58,64)(H,59,65)(H,60,66)(H,73,74)(H,75,76)(H,77,78)(H,79,80)(H,81,82)(H,83,84)(H,85,86)/t42-,43-,44-,45-,46-,47-,48+,49+,50+,51-,52-,53-,54-,55-,56-/m1/s1. The highest BCUT2D eigenvalue weighted by molar-refractivity contribution is 7.52. The van der Waals surface area contributed by atoms with Crippen molar-refractivity contribution in [1.82, 2.24) is 16.0 Å². The molecule has 0 aromatic rings. The summed E-state index contributed by atoms with van der Waals surface area (Å²) in [7, 11) is -32.5. The van der Waals surface area contributed by atoms with Crippen LogP contribution in [-0.2, 0) is 153 Å². The van der Waals surface area contributed by atoms with E-state index in [0.29, 0.717) is 0 Å². The summed E-state index contributed by atoms with van der Waals surface area (Å²) in [6, 6.07) is -3.90. The fourth-order valence-electron chi connectivity index (χ4n) is 10.1. The molecule has 3 amide bonds. The Morgan fingerprint density at radius 2 is 0.491 bits per heavy atom. The van der Waals surface area contributed by atoms with Crippen LogP contribution in [0.25, 0.3) is 0 Å². The molecule has 3 rings (SSSR count). The summed E-state index contributed by atoms with van der Waals surface area (Å²) in [4.78, 5) is 106. The van der Waals surface area contributed by atoms with Crippen LogP contribution in [0.1, 0.15) is 65.7 Å². The molecule has 0 radical (unpaired) electrons. The summed E-state index contributed by atoms with van der Waals surface area (Å²) >= 11 is 0. The van der Waals surface area contributed by atoms with Gasteiger partial charge in [0.25, 0.3) is 0 Å². The third-order valence-corrected chi connectivity index (χ3v) is 22.2. The average Bonchev–Trinajstić information content (AvgIpc) is 0.815. The summed E-state index contributed by atoms with van der Waals surface area (Å²) in [5.74, 6) is -1.87. The van der Waals surface area contributed by atoms with Gasteiger partial charge in [-0.2, -0.15) is 0 Å². The average molecular weight is 1840 g/mol. The van der Waals surface area contributed by atoms with E-state index < -0.39 is 289 Å². The molecule has 3 aliphatic heterocycles. The fraction of sp³-hybridized carbons (Fsp3) is 0.947. The minimum atomic E-state index is -4.78. The maximum atomic E-state index is 12.7. The van der Waals surface area contributed by atoms with Crippen LogP contribution in [0.2, 0.25) is 0 Å². The van der Waals surface area contributed by atoms with Crippen molar-refractivity contribution in [2.45, 2.75) is 158 Å². The van der Waals surface area contributed by atoms with Gasteiger partial charge in [0.1, 0.15) is 73.1 Å². The highest BCUT2D eigenvalue weighted by atomic mass is 31.2. The zero-order chi connectivity index (χ0) is 86.8. The van der Waals surface area contributed by atoms with Gasteiger partial charge >= 0.3 is 54.5 Å². The summed E-state index contributed by atoms with van der Waals surface area (Å²) in [6.45, 7) is -7.62. The molecule has 0 saturated carbocycles. The molecule has 0 aromatic heterocycles. The van der Waals surface area contributed by atoms with Gasteiger partial charge in [-0.25, -0.2) is 27.4 Å². The first kappa shape index (κ1) is 109. The number of aliphatic hydroxyl groups excluding tert-OH is 9. The van der Waals surface area contributed by atoms with E-state index in [1.807, 2.05) is 0 Å². The van der Waals surface area contributed by atoms with Crippen molar-refractivity contribution in [1.29, 1.82) is 0 Å². The van der Waals surface area contributed by atoms with Gasteiger partial charge in [0, 0.05) is 53.9 Å². The molecule has 116 heavy (non-hydrogen) atoms. The smallest absolute Gasteiger partial charge is 0.394 e. The Hall–Kier alpha value is -1.54. The number of aliphatic hydroxyl groups is 9. The molecule has 0 bridgehead atoms. The molecule has 52 nitrogen and oxygen atoms in total. The maximum Gasteiger partial charge on any atom is 0.472 e. The second kappa shape index (κ2) is 55.7. The molecule has 59 heteroatoms. The second-order valence-electron chi connectivity index (χ2n) is 25.5. The molecule has 22 atom stereocenters. The number of nitrogens with one attached hydrogen (secondary N) is 3. The number of hydrogen-bond acceptors (Lipinski definition) is 42. The van der Waals surface area contributed by atoms with E-state index in [-0.39, 0.29) is 104 Å². The number of phosphoric ester groups is 6. The Balaban J connectivity index is 1.55. The van der Waals surface area contributed by atoms with E-state index in [1.165, 1.54) is 0 Å². The van der Waals surface area contributed by atoms with Gasteiger partial charge in [-0.15, -0.1) is 0 Å². The van der Waals surface area contributed by atoms with Crippen molar-refractivity contribution < 1.29 is 233 Å². The van der Waals surface area contributed by atoms with Crippen molar-refractivity contribution in [2.75, 3.05) is 185 Å². The van der Waals surface area contributed by atoms with Gasteiger partial charge in [-0.3, -0.25) is 73.2 Å². The van der Waals surface area contributed by atoms with Crippen LogP contribution >= 0.6 is 54.5 Å². The molecular weight excluding hydrogens is 1730 g/mol. The molecular formula is C57H114N3O49P7. The lowest BCUT2D eigenvalue weighted by atomic mass is 9.92. The van der Waals surface area contributed by atoms with E-state index in [0.717, 1.165) is 27.4 Å². The van der Waals surface area contributed by atoms with Crippen LogP contribution in [-0.4, -0.2) is 375 Å². The number of carbonyl (C=O) groups excluding carboxylic acids is 3. The van der Waals surface area contributed by atoms with Crippen molar-refractivity contribution >= 4 is 72.3 Å². The predicted molar refractivity (Wildman–Crippen MR) is 384 cm³/mol. The Morgan fingerprint density at radius 3 is 0.681 bits per heavy atom. The number of carbonyl (C=O) groups is 3. The number of amides is 3. The van der Waals surface area contributed by atoms with Gasteiger partial charge in [0.15, 0.2) is 18.9 Å². The van der Waals surface area contributed by atoms with Crippen molar-refractivity contribution in [3.05, 3.63) is 0 Å². The molecule has 3 fully saturated rings. The van der Waals surface area contributed by atoms with E-state index in [9.17, 15) is 127 Å². The second-order valence-corrected chi connectivity index (χ2v) is 36.1. The van der Waals surface area contributed by atoms with Gasteiger partial charge in [-0.1, -0.05) is 0 Å². The van der Waals surface area contributed by atoms with Crippen molar-refractivity contribution in [3.8, 4) is 0 Å². The quantitative estimate of drug-likeness (QED) is 0.0206. The van der Waals surface area contributed by atoms with Crippen molar-refractivity contribution in [3.63, 3.8) is 0 Å². The van der Waals surface area contributed by atoms with Crippen LogP contribution in [0, 0.1) is 5.41 Å². The molecule has 0 aromatic carbocycles. The van der Waals surface area contributed by atoms with Crippen LogP contribution < -0.4 is 16.0 Å². The SMILES string of the molecule is CC(=O)N[C@H]1[C@H](OCCOP(=O)(O)OCCCOP(=O)(O)OCCCOCC(COCCCOP(C)(=O)O)(COCCCOP(=O)(O)OCCCOP(=O)(O)OCCO[C@@H]2O[C@H](CO)[C@H](O)[C@H](O)[C@H]2NC(C)=O)COCCCOP(=O)(O)OCCCOP(=O)(O)OCCO[C@@H]2O[C@H](CO)[C@H](O)[C@H](O)[C@H]2NC(C)=O)O[C@H](CO)[C@H](O)[C@@H]1O. The maximum absolute atomic E-state index is 12.7. The predicted octanol–water partition coefficient (Wildman–Crippen LogP) is -3.72. The van der Waals surface area contributed by atoms with Gasteiger partial charge in [0.05, 0.1) is 157 Å². The third kappa shape index (κ3) is 45.9. The van der Waals surface area contributed by atoms with Crippen LogP contribution in [0.4, 0.5) is 0 Å². The van der Waals surface area contributed by atoms with Gasteiger partial charge in [0.2, 0.25) is 17.7 Å². The van der Waals surface area contributed by atoms with E-state index >= 15 is 0 Å². The van der Waals surface area contributed by atoms with Crippen molar-refractivity contribution in [2.24, 2.45) is 5.41 Å². The minimum absolute atomic E-state index is 0.0707. The Kier molecular flexibility index (Phi) is 52.2. The fourth-order valence-corrected chi connectivity index (χ4v) is 15.2. The summed E-state index contributed by atoms with van der Waals surface area (Å²) < 4.78 is 208. The van der Waals surface area contributed by atoms with Crippen LogP contribution in [0.5, 0.6) is 0 Å². The molecule has 0 aliphatic carbocycles. The van der Waals surface area contributed by atoms with Crippen LogP contribution in [0.3, 0.4) is 0 Å². The molecule has 7 unspecified atom stereocenters. The lowest BCUT2D eigenvalue weighted by molar-refractivity contribution is -0.271.